The Bertz CT molecular complexity index is 950. The van der Waals surface area contributed by atoms with Gasteiger partial charge in [0.1, 0.15) is 16.7 Å². The molecule has 1 atom stereocenters. The number of methoxy groups -OCH3 is 2. The van der Waals surface area contributed by atoms with Crippen LogP contribution in [0.3, 0.4) is 0 Å². The Labute approximate surface area is 156 Å². The summed E-state index contributed by atoms with van der Waals surface area (Å²) in [5.74, 6) is 1.51. The first kappa shape index (κ1) is 18.5. The van der Waals surface area contributed by atoms with Gasteiger partial charge in [0, 0.05) is 11.9 Å². The molecule has 0 aliphatic heterocycles. The maximum absolute atomic E-state index is 12.7. The fraction of sp³-hybridized carbons (Fsp3) is 0.300. The largest absolute Gasteiger partial charge is 0.496 e. The molecule has 0 saturated heterocycles. The molecule has 0 amide bonds. The molecular weight excluding hydrogens is 348 g/mol. The molecule has 2 aromatic carbocycles. The van der Waals surface area contributed by atoms with Crippen molar-refractivity contribution in [3.05, 3.63) is 53.1 Å². The molecule has 1 heterocycles. The molecule has 6 heteroatoms. The lowest BCUT2D eigenvalue weighted by Crippen LogP contribution is -2.21. The van der Waals surface area contributed by atoms with Gasteiger partial charge in [-0.3, -0.25) is 0 Å². The van der Waals surface area contributed by atoms with Gasteiger partial charge >= 0.3 is 0 Å². The molecule has 3 aromatic rings. The van der Waals surface area contributed by atoms with E-state index < -0.39 is 11.0 Å². The van der Waals surface area contributed by atoms with E-state index in [1.165, 1.54) is 5.56 Å². The number of aromatic amines is 1. The van der Waals surface area contributed by atoms with Crippen LogP contribution in [0.1, 0.15) is 16.7 Å². The van der Waals surface area contributed by atoms with Crippen molar-refractivity contribution in [3.63, 3.8) is 0 Å². The third-order valence-corrected chi connectivity index (χ3v) is 5.49. The summed E-state index contributed by atoms with van der Waals surface area (Å²) in [4.78, 5) is 3.22. The van der Waals surface area contributed by atoms with E-state index in [1.54, 1.807) is 14.2 Å². The van der Waals surface area contributed by atoms with Crippen LogP contribution in [0, 0.1) is 13.8 Å². The molecule has 5 nitrogen and oxygen atoms in total. The second kappa shape index (κ2) is 7.93. The highest BCUT2D eigenvalue weighted by atomic mass is 32.2. The smallest absolute Gasteiger partial charge is 0.163 e. The SMILES string of the molecule is COc1ccc(CCNS(=O)c2[nH]c3cc(C)ccc3c2OC)cc1C. The van der Waals surface area contributed by atoms with Crippen molar-refractivity contribution >= 4 is 21.9 Å². The van der Waals surface area contributed by atoms with E-state index in [2.05, 4.69) is 15.8 Å². The zero-order valence-corrected chi connectivity index (χ0v) is 16.3. The fourth-order valence-corrected chi connectivity index (χ4v) is 4.05. The highest BCUT2D eigenvalue weighted by Crippen LogP contribution is 2.32. The van der Waals surface area contributed by atoms with Crippen LogP contribution in [0.4, 0.5) is 0 Å². The van der Waals surface area contributed by atoms with Gasteiger partial charge in [-0.05, 0) is 55.2 Å². The maximum atomic E-state index is 12.7. The summed E-state index contributed by atoms with van der Waals surface area (Å²) in [5, 5.41) is 1.51. The van der Waals surface area contributed by atoms with Crippen LogP contribution in [0.2, 0.25) is 0 Å². The average Bonchev–Trinajstić information content (AvgIpc) is 2.99. The van der Waals surface area contributed by atoms with Gasteiger partial charge in [-0.15, -0.1) is 0 Å². The third-order valence-electron chi connectivity index (χ3n) is 4.37. The molecule has 0 bridgehead atoms. The van der Waals surface area contributed by atoms with Gasteiger partial charge in [0.15, 0.2) is 10.8 Å². The molecule has 0 aliphatic rings. The van der Waals surface area contributed by atoms with Crippen LogP contribution in [-0.4, -0.2) is 30.0 Å². The predicted octanol–water partition coefficient (Wildman–Crippen LogP) is 3.66. The molecule has 2 N–H and O–H groups in total. The van der Waals surface area contributed by atoms with Crippen molar-refractivity contribution in [2.24, 2.45) is 0 Å². The Balaban J connectivity index is 1.70. The van der Waals surface area contributed by atoms with Gasteiger partial charge in [0.2, 0.25) is 0 Å². The summed E-state index contributed by atoms with van der Waals surface area (Å²) in [5.41, 5.74) is 4.34. The Hall–Kier alpha value is -2.31. The quantitative estimate of drug-likeness (QED) is 0.665. The Morgan fingerprint density at radius 2 is 1.88 bits per heavy atom. The zero-order valence-electron chi connectivity index (χ0n) is 15.5. The number of hydrogen-bond donors (Lipinski definition) is 2. The molecular formula is C20H24N2O3S. The number of rotatable bonds is 7. The first-order valence-corrected chi connectivity index (χ1v) is 9.63. The number of aryl methyl sites for hydroxylation is 2. The van der Waals surface area contributed by atoms with Crippen LogP contribution < -0.4 is 14.2 Å². The number of fused-ring (bicyclic) bond motifs is 1. The van der Waals surface area contributed by atoms with Crippen molar-refractivity contribution in [2.45, 2.75) is 25.3 Å². The molecule has 26 heavy (non-hydrogen) atoms. The summed E-state index contributed by atoms with van der Waals surface area (Å²) in [7, 11) is 1.89. The van der Waals surface area contributed by atoms with Gasteiger partial charge in [-0.25, -0.2) is 8.93 Å². The lowest BCUT2D eigenvalue weighted by Gasteiger charge is -2.08. The first-order chi connectivity index (χ1) is 12.5. The second-order valence-electron chi connectivity index (χ2n) is 6.25. The molecule has 3 rings (SSSR count). The van der Waals surface area contributed by atoms with E-state index in [4.69, 9.17) is 9.47 Å². The van der Waals surface area contributed by atoms with Crippen LogP contribution >= 0.6 is 0 Å². The average molecular weight is 372 g/mol. The van der Waals surface area contributed by atoms with Crippen molar-refractivity contribution < 1.29 is 13.7 Å². The van der Waals surface area contributed by atoms with Gasteiger partial charge < -0.3 is 14.5 Å². The molecule has 0 spiro atoms. The molecule has 0 aliphatic carbocycles. The van der Waals surface area contributed by atoms with Gasteiger partial charge in [0.05, 0.1) is 19.7 Å². The monoisotopic (exact) mass is 372 g/mol. The van der Waals surface area contributed by atoms with Crippen LogP contribution in [0.15, 0.2) is 41.4 Å². The summed E-state index contributed by atoms with van der Waals surface area (Å²) < 4.78 is 26.5. The van der Waals surface area contributed by atoms with Gasteiger partial charge in [0.25, 0.3) is 0 Å². The number of H-pyrrole nitrogens is 1. The highest BCUT2D eigenvalue weighted by Gasteiger charge is 2.17. The summed E-state index contributed by atoms with van der Waals surface area (Å²) in [6.07, 6.45) is 0.776. The third kappa shape index (κ3) is 3.76. The van der Waals surface area contributed by atoms with E-state index in [1.807, 2.05) is 44.2 Å². The van der Waals surface area contributed by atoms with Crippen molar-refractivity contribution in [2.75, 3.05) is 20.8 Å². The Kier molecular flexibility index (Phi) is 5.64. The van der Waals surface area contributed by atoms with E-state index in [0.717, 1.165) is 34.2 Å². The van der Waals surface area contributed by atoms with Crippen LogP contribution in [0.5, 0.6) is 11.5 Å². The van der Waals surface area contributed by atoms with Gasteiger partial charge in [-0.2, -0.15) is 0 Å². The molecule has 1 unspecified atom stereocenters. The predicted molar refractivity (Wildman–Crippen MR) is 105 cm³/mol. The lowest BCUT2D eigenvalue weighted by molar-refractivity contribution is 0.408. The molecule has 0 radical (unpaired) electrons. The van der Waals surface area contributed by atoms with E-state index in [9.17, 15) is 4.21 Å². The van der Waals surface area contributed by atoms with E-state index in [0.29, 0.717) is 17.3 Å². The molecule has 0 fully saturated rings. The number of nitrogens with one attached hydrogen (secondary N) is 2. The molecule has 0 saturated carbocycles. The van der Waals surface area contributed by atoms with E-state index >= 15 is 0 Å². The van der Waals surface area contributed by atoms with Crippen molar-refractivity contribution in [1.29, 1.82) is 0 Å². The topological polar surface area (TPSA) is 63.3 Å². The number of benzene rings is 2. The minimum atomic E-state index is -1.37. The van der Waals surface area contributed by atoms with E-state index in [-0.39, 0.29) is 0 Å². The minimum absolute atomic E-state index is 0.569. The first-order valence-electron chi connectivity index (χ1n) is 8.48. The van der Waals surface area contributed by atoms with Crippen LogP contribution in [-0.2, 0) is 17.4 Å². The standard InChI is InChI=1S/C20H24N2O3S/c1-13-5-7-16-17(11-13)22-20(19(16)25-4)26(23)21-10-9-15-6-8-18(24-3)14(2)12-15/h5-8,11-12,21-22H,9-10H2,1-4H3. The number of ether oxygens (including phenoxy) is 2. The summed E-state index contributed by atoms with van der Waals surface area (Å²) in [6.45, 7) is 4.64. The fourth-order valence-electron chi connectivity index (χ4n) is 3.05. The highest BCUT2D eigenvalue weighted by molar-refractivity contribution is 7.83. The summed E-state index contributed by atoms with van der Waals surface area (Å²) in [6, 6.07) is 12.1. The Morgan fingerprint density at radius 1 is 1.08 bits per heavy atom. The van der Waals surface area contributed by atoms with Gasteiger partial charge in [-0.1, -0.05) is 18.2 Å². The second-order valence-corrected chi connectivity index (χ2v) is 7.49. The molecule has 138 valence electrons. The zero-order chi connectivity index (χ0) is 18.7. The number of aromatic nitrogens is 1. The summed E-state index contributed by atoms with van der Waals surface area (Å²) >= 11 is 0. The maximum Gasteiger partial charge on any atom is 0.163 e. The Morgan fingerprint density at radius 3 is 2.58 bits per heavy atom. The van der Waals surface area contributed by atoms with Crippen LogP contribution in [0.25, 0.3) is 10.9 Å². The minimum Gasteiger partial charge on any atom is -0.496 e. The van der Waals surface area contributed by atoms with Crippen molar-refractivity contribution in [1.82, 2.24) is 9.71 Å². The number of hydrogen-bond acceptors (Lipinski definition) is 3. The normalized spacial score (nSPS) is 12.3. The molecule has 1 aromatic heterocycles. The lowest BCUT2D eigenvalue weighted by atomic mass is 10.1. The van der Waals surface area contributed by atoms with Crippen molar-refractivity contribution in [3.8, 4) is 11.5 Å².